The molecule has 0 atom stereocenters. The highest BCUT2D eigenvalue weighted by Gasteiger charge is 2.27. The van der Waals surface area contributed by atoms with Crippen molar-refractivity contribution >= 4 is 15.7 Å². The highest BCUT2D eigenvalue weighted by molar-refractivity contribution is 7.93. The van der Waals surface area contributed by atoms with Crippen LogP contribution in [0.15, 0.2) is 24.3 Å². The van der Waals surface area contributed by atoms with E-state index in [1.54, 1.807) is 24.3 Å². The summed E-state index contributed by atoms with van der Waals surface area (Å²) in [6.07, 6.45) is 1.04. The molecule has 0 unspecified atom stereocenters. The van der Waals surface area contributed by atoms with Crippen LogP contribution < -0.4 is 4.72 Å². The first-order valence-corrected chi connectivity index (χ1v) is 7.26. The monoisotopic (exact) mass is 266 g/mol. The van der Waals surface area contributed by atoms with Crippen LogP contribution in [0.1, 0.15) is 18.4 Å². The van der Waals surface area contributed by atoms with Crippen LogP contribution in [0.4, 0.5) is 5.69 Å². The van der Waals surface area contributed by atoms with Gasteiger partial charge in [-0.3, -0.25) is 4.72 Å². The zero-order chi connectivity index (χ0) is 13.0. The van der Waals surface area contributed by atoms with Crippen LogP contribution in [-0.4, -0.2) is 26.9 Å². The van der Waals surface area contributed by atoms with Crippen LogP contribution in [0.25, 0.3) is 0 Å². The molecule has 0 spiro atoms. The van der Waals surface area contributed by atoms with Gasteiger partial charge in [-0.1, -0.05) is 0 Å². The van der Waals surface area contributed by atoms with Crippen molar-refractivity contribution in [3.63, 3.8) is 0 Å². The Labute approximate surface area is 106 Å². The second kappa shape index (κ2) is 5.38. The minimum absolute atomic E-state index is 0.401. The molecule has 1 N–H and O–H groups in total. The molecular formula is C12H14N2O3S. The lowest BCUT2D eigenvalue weighted by molar-refractivity contribution is 0.0984. The van der Waals surface area contributed by atoms with Gasteiger partial charge in [-0.25, -0.2) is 8.42 Å². The standard InChI is InChI=1S/C12H14N2O3S/c13-9-10-1-3-11(4-2-10)14-18(15,16)12-5-7-17-8-6-12/h1-4,12,14H,5-8H2. The summed E-state index contributed by atoms with van der Waals surface area (Å²) in [5, 5.41) is 8.26. The summed E-state index contributed by atoms with van der Waals surface area (Å²) in [4.78, 5) is 0. The minimum atomic E-state index is -3.37. The molecule has 1 aliphatic rings. The van der Waals surface area contributed by atoms with Crippen molar-refractivity contribution in [1.82, 2.24) is 0 Å². The number of rotatable bonds is 3. The fraction of sp³-hybridized carbons (Fsp3) is 0.417. The summed E-state index contributed by atoms with van der Waals surface area (Å²) in [7, 11) is -3.37. The molecule has 1 aliphatic heterocycles. The van der Waals surface area contributed by atoms with E-state index >= 15 is 0 Å². The molecule has 0 saturated carbocycles. The van der Waals surface area contributed by atoms with Crippen molar-refractivity contribution in [2.45, 2.75) is 18.1 Å². The maximum absolute atomic E-state index is 12.1. The predicted molar refractivity (Wildman–Crippen MR) is 67.5 cm³/mol. The normalized spacial score (nSPS) is 17.1. The third kappa shape index (κ3) is 3.00. The van der Waals surface area contributed by atoms with Gasteiger partial charge in [0, 0.05) is 18.9 Å². The van der Waals surface area contributed by atoms with Gasteiger partial charge >= 0.3 is 0 Å². The second-order valence-electron chi connectivity index (χ2n) is 4.15. The first-order valence-electron chi connectivity index (χ1n) is 5.71. The van der Waals surface area contributed by atoms with Crippen molar-refractivity contribution in [2.24, 2.45) is 0 Å². The van der Waals surface area contributed by atoms with Crippen LogP contribution in [0.5, 0.6) is 0 Å². The second-order valence-corrected chi connectivity index (χ2v) is 6.11. The van der Waals surface area contributed by atoms with Gasteiger partial charge in [0.2, 0.25) is 10.0 Å². The fourth-order valence-electron chi connectivity index (χ4n) is 1.85. The first-order chi connectivity index (χ1) is 8.62. The molecular weight excluding hydrogens is 252 g/mol. The molecule has 0 bridgehead atoms. The molecule has 96 valence electrons. The van der Waals surface area contributed by atoms with Crippen LogP contribution >= 0.6 is 0 Å². The van der Waals surface area contributed by atoms with Gasteiger partial charge in [0.15, 0.2) is 0 Å². The summed E-state index contributed by atoms with van der Waals surface area (Å²) < 4.78 is 31.8. The molecule has 0 aromatic heterocycles. The van der Waals surface area contributed by atoms with Crippen molar-refractivity contribution < 1.29 is 13.2 Å². The third-order valence-corrected chi connectivity index (χ3v) is 4.75. The largest absolute Gasteiger partial charge is 0.381 e. The number of nitriles is 1. The molecule has 0 amide bonds. The van der Waals surface area contributed by atoms with Crippen molar-refractivity contribution in [1.29, 1.82) is 5.26 Å². The Kier molecular flexibility index (Phi) is 3.84. The van der Waals surface area contributed by atoms with Crippen molar-refractivity contribution in [2.75, 3.05) is 17.9 Å². The van der Waals surface area contributed by atoms with E-state index in [9.17, 15) is 8.42 Å². The maximum Gasteiger partial charge on any atom is 0.235 e. The molecule has 1 fully saturated rings. The Hall–Kier alpha value is -1.58. The topological polar surface area (TPSA) is 79.2 Å². The number of nitrogens with zero attached hydrogens (tertiary/aromatic N) is 1. The molecule has 1 saturated heterocycles. The SMILES string of the molecule is N#Cc1ccc(NS(=O)(=O)C2CCOCC2)cc1. The molecule has 1 heterocycles. The molecule has 0 aliphatic carbocycles. The highest BCUT2D eigenvalue weighted by Crippen LogP contribution is 2.19. The van der Waals surface area contributed by atoms with E-state index in [0.717, 1.165) is 0 Å². The van der Waals surface area contributed by atoms with Gasteiger partial charge in [-0.05, 0) is 37.1 Å². The summed E-state index contributed by atoms with van der Waals surface area (Å²) in [5.74, 6) is 0. The Balaban J connectivity index is 2.09. The van der Waals surface area contributed by atoms with E-state index in [-0.39, 0.29) is 0 Å². The van der Waals surface area contributed by atoms with Gasteiger partial charge in [0.05, 0.1) is 16.9 Å². The van der Waals surface area contributed by atoms with Crippen LogP contribution in [0, 0.1) is 11.3 Å². The van der Waals surface area contributed by atoms with Gasteiger partial charge in [0.1, 0.15) is 0 Å². The number of sulfonamides is 1. The zero-order valence-corrected chi connectivity index (χ0v) is 10.6. The molecule has 2 rings (SSSR count). The molecule has 0 radical (unpaired) electrons. The third-order valence-electron chi connectivity index (χ3n) is 2.88. The quantitative estimate of drug-likeness (QED) is 0.898. The number of hydrogen-bond donors (Lipinski definition) is 1. The van der Waals surface area contributed by atoms with Crippen LogP contribution in [0.2, 0.25) is 0 Å². The van der Waals surface area contributed by atoms with Crippen molar-refractivity contribution in [3.8, 4) is 6.07 Å². The van der Waals surface area contributed by atoms with Gasteiger partial charge in [-0.2, -0.15) is 5.26 Å². The van der Waals surface area contributed by atoms with E-state index in [1.165, 1.54) is 0 Å². The Morgan fingerprint density at radius 3 is 2.39 bits per heavy atom. The van der Waals surface area contributed by atoms with Crippen LogP contribution in [0.3, 0.4) is 0 Å². The number of benzene rings is 1. The Bertz CT molecular complexity index is 540. The van der Waals surface area contributed by atoms with Gasteiger partial charge in [0.25, 0.3) is 0 Å². The Morgan fingerprint density at radius 1 is 1.22 bits per heavy atom. The van der Waals surface area contributed by atoms with Crippen LogP contribution in [-0.2, 0) is 14.8 Å². The number of ether oxygens (including phenoxy) is 1. The number of hydrogen-bond acceptors (Lipinski definition) is 4. The number of nitrogens with one attached hydrogen (secondary N) is 1. The van der Waals surface area contributed by atoms with E-state index in [1.807, 2.05) is 6.07 Å². The lowest BCUT2D eigenvalue weighted by Crippen LogP contribution is -2.33. The molecule has 6 heteroatoms. The van der Waals surface area contributed by atoms with Gasteiger partial charge in [-0.15, -0.1) is 0 Å². The van der Waals surface area contributed by atoms with E-state index < -0.39 is 15.3 Å². The van der Waals surface area contributed by atoms with Crippen molar-refractivity contribution in [3.05, 3.63) is 29.8 Å². The zero-order valence-electron chi connectivity index (χ0n) is 9.80. The number of anilines is 1. The Morgan fingerprint density at radius 2 is 1.83 bits per heavy atom. The van der Waals surface area contributed by atoms with E-state index in [4.69, 9.17) is 10.00 Å². The smallest absolute Gasteiger partial charge is 0.235 e. The molecule has 18 heavy (non-hydrogen) atoms. The molecule has 5 nitrogen and oxygen atoms in total. The van der Waals surface area contributed by atoms with Gasteiger partial charge < -0.3 is 4.74 Å². The van der Waals surface area contributed by atoms with E-state index in [0.29, 0.717) is 37.3 Å². The maximum atomic E-state index is 12.1. The average Bonchev–Trinajstić information content (AvgIpc) is 2.40. The summed E-state index contributed by atoms with van der Waals surface area (Å²) in [5.41, 5.74) is 0.990. The first kappa shape index (κ1) is 12.9. The summed E-state index contributed by atoms with van der Waals surface area (Å²) >= 11 is 0. The fourth-order valence-corrected chi connectivity index (χ4v) is 3.29. The summed E-state index contributed by atoms with van der Waals surface area (Å²) in [6, 6.07) is 8.34. The highest BCUT2D eigenvalue weighted by atomic mass is 32.2. The molecule has 1 aromatic carbocycles. The van der Waals surface area contributed by atoms with E-state index in [2.05, 4.69) is 4.72 Å². The lowest BCUT2D eigenvalue weighted by Gasteiger charge is -2.22. The average molecular weight is 266 g/mol. The lowest BCUT2D eigenvalue weighted by atomic mass is 10.2. The predicted octanol–water partition coefficient (Wildman–Crippen LogP) is 1.48. The minimum Gasteiger partial charge on any atom is -0.381 e. The summed E-state index contributed by atoms with van der Waals surface area (Å²) in [6.45, 7) is 0.970. The molecule has 1 aromatic rings.